The second kappa shape index (κ2) is 13.0. The average Bonchev–Trinajstić information content (AvgIpc) is 2.96. The van der Waals surface area contributed by atoms with Crippen molar-refractivity contribution in [2.45, 2.75) is 38.5 Å². The summed E-state index contributed by atoms with van der Waals surface area (Å²) in [6, 6.07) is 23.5. The quantitative estimate of drug-likeness (QED) is 0.298. The largest absolute Gasteiger partial charge is 0.486 e. The molecule has 0 saturated carbocycles. The summed E-state index contributed by atoms with van der Waals surface area (Å²) in [5.41, 5.74) is 2.26. The number of rotatable bonds is 12. The SMILES string of the molecule is CCCO[C@@H](Cc1ccc(OCc2nc3ccccc3c(=O)n2C)cc1)C(=O)N[C@H](CO)c1ccccc1. The van der Waals surface area contributed by atoms with Gasteiger partial charge in [-0.3, -0.25) is 14.2 Å². The molecule has 0 aliphatic carbocycles. The average molecular weight is 516 g/mol. The van der Waals surface area contributed by atoms with Gasteiger partial charge in [0.25, 0.3) is 5.56 Å². The molecule has 0 saturated heterocycles. The fourth-order valence-corrected chi connectivity index (χ4v) is 4.15. The summed E-state index contributed by atoms with van der Waals surface area (Å²) in [5.74, 6) is 0.875. The van der Waals surface area contributed by atoms with Gasteiger partial charge in [0.05, 0.1) is 23.6 Å². The Morgan fingerprint density at radius 2 is 1.74 bits per heavy atom. The molecule has 0 radical (unpaired) electrons. The van der Waals surface area contributed by atoms with Crippen molar-refractivity contribution in [2.75, 3.05) is 13.2 Å². The molecule has 0 spiro atoms. The maximum atomic E-state index is 13.1. The van der Waals surface area contributed by atoms with Crippen LogP contribution >= 0.6 is 0 Å². The number of nitrogens with one attached hydrogen (secondary N) is 1. The molecule has 0 fully saturated rings. The first-order chi connectivity index (χ1) is 18.5. The van der Waals surface area contributed by atoms with Crippen molar-refractivity contribution in [3.63, 3.8) is 0 Å². The Kier molecular flexibility index (Phi) is 9.24. The molecule has 38 heavy (non-hydrogen) atoms. The third kappa shape index (κ3) is 6.65. The Balaban J connectivity index is 1.41. The van der Waals surface area contributed by atoms with Crippen LogP contribution in [0, 0.1) is 0 Å². The maximum absolute atomic E-state index is 13.1. The molecule has 8 heteroatoms. The number of amides is 1. The van der Waals surface area contributed by atoms with Gasteiger partial charge in [-0.05, 0) is 41.8 Å². The summed E-state index contributed by atoms with van der Waals surface area (Å²) in [7, 11) is 1.68. The predicted molar refractivity (Wildman–Crippen MR) is 146 cm³/mol. The summed E-state index contributed by atoms with van der Waals surface area (Å²) in [4.78, 5) is 30.2. The molecule has 1 heterocycles. The normalized spacial score (nSPS) is 12.7. The number of ether oxygens (including phenoxy) is 2. The van der Waals surface area contributed by atoms with Gasteiger partial charge in [0.2, 0.25) is 5.91 Å². The Bertz CT molecular complexity index is 1400. The minimum absolute atomic E-state index is 0.114. The molecule has 1 aromatic heterocycles. The van der Waals surface area contributed by atoms with E-state index in [1.54, 1.807) is 13.1 Å². The van der Waals surface area contributed by atoms with Gasteiger partial charge in [-0.2, -0.15) is 0 Å². The van der Waals surface area contributed by atoms with Crippen LogP contribution in [0.4, 0.5) is 0 Å². The maximum Gasteiger partial charge on any atom is 0.261 e. The van der Waals surface area contributed by atoms with Crippen LogP contribution in [0.3, 0.4) is 0 Å². The lowest BCUT2D eigenvalue weighted by molar-refractivity contribution is -0.134. The van der Waals surface area contributed by atoms with E-state index < -0.39 is 12.1 Å². The number of nitrogens with zero attached hydrogens (tertiary/aromatic N) is 2. The predicted octanol–water partition coefficient (Wildman–Crippen LogP) is 3.70. The van der Waals surface area contributed by atoms with Crippen molar-refractivity contribution in [1.29, 1.82) is 0 Å². The Labute approximate surface area is 221 Å². The standard InChI is InChI=1S/C30H33N3O5/c1-3-17-37-27(29(35)32-26(19-34)22-9-5-4-6-10-22)18-21-13-15-23(16-14-21)38-20-28-31-25-12-8-7-11-24(25)30(36)33(28)2/h4-16,26-27,34H,3,17-20H2,1-2H3,(H,32,35)/t26-,27+/m1/s1. The molecule has 4 aromatic rings. The molecule has 0 aliphatic heterocycles. The van der Waals surface area contributed by atoms with Crippen LogP contribution in [-0.2, 0) is 29.6 Å². The van der Waals surface area contributed by atoms with Crippen LogP contribution in [0.2, 0.25) is 0 Å². The highest BCUT2D eigenvalue weighted by molar-refractivity contribution is 5.81. The highest BCUT2D eigenvalue weighted by Gasteiger charge is 2.23. The molecule has 2 atom stereocenters. The van der Waals surface area contributed by atoms with Crippen LogP contribution in [0.15, 0.2) is 83.7 Å². The van der Waals surface area contributed by atoms with E-state index in [0.717, 1.165) is 17.5 Å². The van der Waals surface area contributed by atoms with E-state index in [-0.39, 0.29) is 24.7 Å². The minimum Gasteiger partial charge on any atom is -0.486 e. The van der Waals surface area contributed by atoms with E-state index in [1.807, 2.05) is 79.7 Å². The third-order valence-corrected chi connectivity index (χ3v) is 6.30. The highest BCUT2D eigenvalue weighted by Crippen LogP contribution is 2.18. The zero-order chi connectivity index (χ0) is 26.9. The van der Waals surface area contributed by atoms with E-state index in [4.69, 9.17) is 9.47 Å². The lowest BCUT2D eigenvalue weighted by atomic mass is 10.0. The van der Waals surface area contributed by atoms with Gasteiger partial charge in [0, 0.05) is 20.1 Å². The zero-order valence-electron chi connectivity index (χ0n) is 21.7. The fraction of sp³-hybridized carbons (Fsp3) is 0.300. The van der Waals surface area contributed by atoms with Gasteiger partial charge < -0.3 is 19.9 Å². The highest BCUT2D eigenvalue weighted by atomic mass is 16.5. The summed E-state index contributed by atoms with van der Waals surface area (Å²) in [6.45, 7) is 2.37. The number of fused-ring (bicyclic) bond motifs is 1. The summed E-state index contributed by atoms with van der Waals surface area (Å²) in [6.07, 6.45) is 0.458. The summed E-state index contributed by atoms with van der Waals surface area (Å²) in [5, 5.41) is 13.3. The number of carbonyl (C=O) groups excluding carboxylic acids is 1. The van der Waals surface area contributed by atoms with Gasteiger partial charge in [-0.1, -0.05) is 61.5 Å². The smallest absolute Gasteiger partial charge is 0.261 e. The molecule has 0 bridgehead atoms. The van der Waals surface area contributed by atoms with Crippen LogP contribution in [-0.4, -0.2) is 39.9 Å². The lowest BCUT2D eigenvalue weighted by Crippen LogP contribution is -2.41. The first-order valence-corrected chi connectivity index (χ1v) is 12.7. The number of carbonyl (C=O) groups is 1. The number of hydrogen-bond donors (Lipinski definition) is 2. The second-order valence-electron chi connectivity index (χ2n) is 9.06. The Morgan fingerprint density at radius 3 is 2.45 bits per heavy atom. The number of benzene rings is 3. The van der Waals surface area contributed by atoms with Crippen molar-refractivity contribution in [2.24, 2.45) is 7.05 Å². The van der Waals surface area contributed by atoms with Gasteiger partial charge in [-0.15, -0.1) is 0 Å². The molecule has 4 rings (SSSR count). The van der Waals surface area contributed by atoms with Gasteiger partial charge in [0.1, 0.15) is 24.3 Å². The zero-order valence-corrected chi connectivity index (χ0v) is 21.7. The summed E-state index contributed by atoms with van der Waals surface area (Å²) < 4.78 is 13.3. The number of para-hydroxylation sites is 1. The van der Waals surface area contributed by atoms with Crippen LogP contribution < -0.4 is 15.6 Å². The molecule has 0 unspecified atom stereocenters. The molecular weight excluding hydrogens is 482 g/mol. The Hall–Kier alpha value is -4.01. The van der Waals surface area contributed by atoms with Crippen molar-refractivity contribution >= 4 is 16.8 Å². The monoisotopic (exact) mass is 515 g/mol. The van der Waals surface area contributed by atoms with E-state index in [1.165, 1.54) is 4.57 Å². The number of aromatic nitrogens is 2. The molecule has 2 N–H and O–H groups in total. The van der Waals surface area contributed by atoms with Crippen molar-refractivity contribution in [3.8, 4) is 5.75 Å². The number of aliphatic hydroxyl groups is 1. The molecule has 3 aromatic carbocycles. The molecular formula is C30H33N3O5. The van der Waals surface area contributed by atoms with Crippen LogP contribution in [0.1, 0.15) is 36.3 Å². The van der Waals surface area contributed by atoms with Gasteiger partial charge in [0.15, 0.2) is 0 Å². The van der Waals surface area contributed by atoms with E-state index in [0.29, 0.717) is 35.5 Å². The van der Waals surface area contributed by atoms with Crippen molar-refractivity contribution < 1.29 is 19.4 Å². The van der Waals surface area contributed by atoms with Crippen LogP contribution in [0.25, 0.3) is 10.9 Å². The van der Waals surface area contributed by atoms with E-state index in [9.17, 15) is 14.7 Å². The molecule has 8 nitrogen and oxygen atoms in total. The van der Waals surface area contributed by atoms with Crippen molar-refractivity contribution in [3.05, 3.63) is 106 Å². The first-order valence-electron chi connectivity index (χ1n) is 12.7. The van der Waals surface area contributed by atoms with Crippen molar-refractivity contribution in [1.82, 2.24) is 14.9 Å². The first kappa shape index (κ1) is 27.0. The lowest BCUT2D eigenvalue weighted by Gasteiger charge is -2.22. The second-order valence-corrected chi connectivity index (χ2v) is 9.06. The van der Waals surface area contributed by atoms with Gasteiger partial charge in [-0.25, -0.2) is 4.98 Å². The molecule has 1 amide bonds. The van der Waals surface area contributed by atoms with E-state index >= 15 is 0 Å². The molecule has 0 aliphatic rings. The van der Waals surface area contributed by atoms with Crippen LogP contribution in [0.5, 0.6) is 5.75 Å². The number of hydrogen-bond acceptors (Lipinski definition) is 6. The summed E-state index contributed by atoms with van der Waals surface area (Å²) >= 11 is 0. The number of aliphatic hydroxyl groups excluding tert-OH is 1. The van der Waals surface area contributed by atoms with Gasteiger partial charge >= 0.3 is 0 Å². The third-order valence-electron chi connectivity index (χ3n) is 6.30. The van der Waals surface area contributed by atoms with E-state index in [2.05, 4.69) is 10.3 Å². The Morgan fingerprint density at radius 1 is 1.03 bits per heavy atom. The molecule has 198 valence electrons. The minimum atomic E-state index is -0.698. The fourth-order valence-electron chi connectivity index (χ4n) is 4.15. The topological polar surface area (TPSA) is 103 Å².